The van der Waals surface area contributed by atoms with Gasteiger partial charge in [0.25, 0.3) is 10.1 Å². The van der Waals surface area contributed by atoms with Gasteiger partial charge in [0.2, 0.25) is 0 Å². The summed E-state index contributed by atoms with van der Waals surface area (Å²) in [7, 11) is -4.41. The van der Waals surface area contributed by atoms with Crippen LogP contribution in [-0.4, -0.2) is 13.0 Å². The minimum Gasteiger partial charge on any atom is -0.282 e. The van der Waals surface area contributed by atoms with Gasteiger partial charge in [-0.25, -0.2) is 4.39 Å². The van der Waals surface area contributed by atoms with E-state index in [1.807, 2.05) is 0 Å². The molecule has 0 bridgehead atoms. The molecule has 1 N–H and O–H groups in total. The van der Waals surface area contributed by atoms with Gasteiger partial charge < -0.3 is 0 Å². The van der Waals surface area contributed by atoms with Crippen LogP contribution in [0, 0.1) is 45.8 Å². The van der Waals surface area contributed by atoms with E-state index >= 15 is 0 Å². The van der Waals surface area contributed by atoms with Crippen LogP contribution in [0.4, 0.5) is 4.39 Å². The molecule has 0 saturated carbocycles. The Morgan fingerprint density at radius 3 is 2.08 bits per heavy atom. The Balaban J connectivity index is 0.00000121. The zero-order valence-electron chi connectivity index (χ0n) is 5.71. The van der Waals surface area contributed by atoms with Gasteiger partial charge in [-0.3, -0.25) is 4.55 Å². The maximum atomic E-state index is 12.5. The van der Waals surface area contributed by atoms with E-state index in [2.05, 4.69) is 0 Å². The third-order valence-electron chi connectivity index (χ3n) is 1.11. The number of halogens is 1. The molecule has 0 radical (unpaired) electrons. The van der Waals surface area contributed by atoms with Crippen LogP contribution in [0.5, 0.6) is 0 Å². The SMILES string of the molecule is O=S(=O)(O)c1ccccc1F.[Gd]. The van der Waals surface area contributed by atoms with Gasteiger partial charge in [-0.2, -0.15) is 8.42 Å². The van der Waals surface area contributed by atoms with E-state index < -0.39 is 20.8 Å². The van der Waals surface area contributed by atoms with Crippen molar-refractivity contribution < 1.29 is 57.3 Å². The maximum Gasteiger partial charge on any atom is 0.297 e. The number of hydrogen-bond donors (Lipinski definition) is 1. The summed E-state index contributed by atoms with van der Waals surface area (Å²) in [4.78, 5) is -0.694. The molecular weight excluding hydrogens is 328 g/mol. The fraction of sp³-hybridized carbons (Fsp3) is 0. The summed E-state index contributed by atoms with van der Waals surface area (Å²) >= 11 is 0. The van der Waals surface area contributed by atoms with Crippen molar-refractivity contribution in [1.82, 2.24) is 0 Å². The summed E-state index contributed by atoms with van der Waals surface area (Å²) < 4.78 is 41.7. The van der Waals surface area contributed by atoms with Crippen LogP contribution in [-0.2, 0) is 10.1 Å². The molecule has 0 aromatic heterocycles. The van der Waals surface area contributed by atoms with Crippen LogP contribution in [0.25, 0.3) is 0 Å². The first-order chi connectivity index (χ1) is 5.02. The molecular formula is C6H5FGdO3S. The quantitative estimate of drug-likeness (QED) is 0.782. The molecule has 68 valence electrons. The van der Waals surface area contributed by atoms with E-state index in [0.717, 1.165) is 12.1 Å². The van der Waals surface area contributed by atoms with E-state index in [1.54, 1.807) is 0 Å². The Morgan fingerprint density at radius 2 is 1.75 bits per heavy atom. The summed E-state index contributed by atoms with van der Waals surface area (Å²) in [5.41, 5.74) is 0. The van der Waals surface area contributed by atoms with Gasteiger partial charge in [-0.05, 0) is 12.1 Å². The molecule has 0 aliphatic rings. The zero-order chi connectivity index (χ0) is 8.48. The van der Waals surface area contributed by atoms with Crippen molar-refractivity contribution in [3.8, 4) is 0 Å². The molecule has 6 heteroatoms. The first-order valence-electron chi connectivity index (χ1n) is 2.74. The van der Waals surface area contributed by atoms with Crippen LogP contribution in [0.3, 0.4) is 0 Å². The van der Waals surface area contributed by atoms with Crippen molar-refractivity contribution >= 4 is 10.1 Å². The van der Waals surface area contributed by atoms with Gasteiger partial charge in [0, 0.05) is 39.9 Å². The monoisotopic (exact) mass is 334 g/mol. The second-order valence-corrected chi connectivity index (χ2v) is 3.30. The van der Waals surface area contributed by atoms with Crippen molar-refractivity contribution in [3.63, 3.8) is 0 Å². The molecule has 0 atom stereocenters. The molecule has 1 rings (SSSR count). The van der Waals surface area contributed by atoms with Crippen molar-refractivity contribution in [2.24, 2.45) is 0 Å². The van der Waals surface area contributed by atoms with Crippen molar-refractivity contribution in [2.45, 2.75) is 4.90 Å². The fourth-order valence-corrected chi connectivity index (χ4v) is 1.22. The van der Waals surface area contributed by atoms with E-state index in [-0.39, 0.29) is 39.9 Å². The molecule has 0 aliphatic carbocycles. The van der Waals surface area contributed by atoms with Crippen molar-refractivity contribution in [1.29, 1.82) is 0 Å². The standard InChI is InChI=1S/C6H5FO3S.Gd/c7-5-3-1-2-4-6(5)11(8,9)10;/h1-4H,(H,8,9,10);. The van der Waals surface area contributed by atoms with Gasteiger partial charge in [0.1, 0.15) is 10.7 Å². The molecule has 1 aromatic rings. The zero-order valence-corrected chi connectivity index (χ0v) is 8.80. The van der Waals surface area contributed by atoms with Crippen LogP contribution in [0.15, 0.2) is 29.2 Å². The number of benzene rings is 1. The summed E-state index contributed by atoms with van der Waals surface area (Å²) in [5.74, 6) is -0.949. The topological polar surface area (TPSA) is 54.4 Å². The molecule has 3 nitrogen and oxygen atoms in total. The Bertz CT molecular complexity index is 363. The average Bonchev–Trinajstić information content (AvgIpc) is 1.86. The minimum atomic E-state index is -4.41. The predicted octanol–water partition coefficient (Wildman–Crippen LogP) is 1.07. The predicted molar refractivity (Wildman–Crippen MR) is 36.2 cm³/mol. The first-order valence-corrected chi connectivity index (χ1v) is 4.18. The van der Waals surface area contributed by atoms with Gasteiger partial charge in [-0.1, -0.05) is 12.1 Å². The van der Waals surface area contributed by atoms with E-state index in [0.29, 0.717) is 0 Å². The maximum absolute atomic E-state index is 12.5. The molecule has 0 unspecified atom stereocenters. The van der Waals surface area contributed by atoms with E-state index in [4.69, 9.17) is 4.55 Å². The van der Waals surface area contributed by atoms with Gasteiger partial charge in [0.15, 0.2) is 0 Å². The Kier molecular flexibility index (Phi) is 4.72. The molecule has 0 heterocycles. The second-order valence-electron chi connectivity index (χ2n) is 1.91. The third kappa shape index (κ3) is 3.03. The smallest absolute Gasteiger partial charge is 0.282 e. The Hall–Kier alpha value is 0.385. The number of hydrogen-bond acceptors (Lipinski definition) is 2. The Labute approximate surface area is 101 Å². The van der Waals surface area contributed by atoms with Crippen LogP contribution in [0.2, 0.25) is 0 Å². The molecule has 12 heavy (non-hydrogen) atoms. The second kappa shape index (κ2) is 4.57. The molecule has 0 aliphatic heterocycles. The largest absolute Gasteiger partial charge is 0.297 e. The van der Waals surface area contributed by atoms with Crippen molar-refractivity contribution in [2.75, 3.05) is 0 Å². The third-order valence-corrected chi connectivity index (χ3v) is 2.00. The molecule has 0 amide bonds. The molecule has 0 spiro atoms. The van der Waals surface area contributed by atoms with Gasteiger partial charge >= 0.3 is 0 Å². The summed E-state index contributed by atoms with van der Waals surface area (Å²) in [6.45, 7) is 0. The van der Waals surface area contributed by atoms with Crippen LogP contribution < -0.4 is 0 Å². The minimum absolute atomic E-state index is 0. The first kappa shape index (κ1) is 12.4. The fourth-order valence-electron chi connectivity index (χ4n) is 0.654. The Morgan fingerprint density at radius 1 is 1.25 bits per heavy atom. The summed E-state index contributed by atoms with van der Waals surface area (Å²) in [5, 5.41) is 0. The van der Waals surface area contributed by atoms with E-state index in [1.165, 1.54) is 12.1 Å². The summed E-state index contributed by atoms with van der Waals surface area (Å²) in [6.07, 6.45) is 0. The van der Waals surface area contributed by atoms with Gasteiger partial charge in [0.05, 0.1) is 0 Å². The van der Waals surface area contributed by atoms with Crippen molar-refractivity contribution in [3.05, 3.63) is 30.1 Å². The summed E-state index contributed by atoms with van der Waals surface area (Å²) in [6, 6.07) is 4.62. The van der Waals surface area contributed by atoms with Crippen LogP contribution >= 0.6 is 0 Å². The van der Waals surface area contributed by atoms with E-state index in [9.17, 15) is 12.8 Å². The molecule has 1 aromatic carbocycles. The van der Waals surface area contributed by atoms with Crippen LogP contribution in [0.1, 0.15) is 0 Å². The average molecular weight is 333 g/mol. The number of rotatable bonds is 1. The normalized spacial score (nSPS) is 10.5. The van der Waals surface area contributed by atoms with Gasteiger partial charge in [-0.15, -0.1) is 0 Å². The molecule has 0 fully saturated rings. The molecule has 0 saturated heterocycles.